The Labute approximate surface area is 184 Å². The lowest BCUT2D eigenvalue weighted by Crippen LogP contribution is -2.01. The SMILES string of the molecule is [C-]#[N+]Cc1cccc(NCc2nc(-c3ccc4ncnn4c3)c(-c3cccc(C)n3)[nH]2)c1. The molecule has 1 aromatic carbocycles. The molecular formula is C24H20N8. The molecular weight excluding hydrogens is 400 g/mol. The van der Waals surface area contributed by atoms with E-state index in [1.807, 2.05) is 67.7 Å². The van der Waals surface area contributed by atoms with Crippen molar-refractivity contribution in [1.29, 1.82) is 0 Å². The Morgan fingerprint density at radius 3 is 2.88 bits per heavy atom. The van der Waals surface area contributed by atoms with Crippen molar-refractivity contribution in [2.45, 2.75) is 20.0 Å². The van der Waals surface area contributed by atoms with Gasteiger partial charge in [0.15, 0.2) is 5.65 Å². The average Bonchev–Trinajstić information content (AvgIpc) is 3.45. The Morgan fingerprint density at radius 2 is 2.00 bits per heavy atom. The number of aromatic nitrogens is 6. The van der Waals surface area contributed by atoms with Gasteiger partial charge in [-0.25, -0.2) is 21.1 Å². The zero-order valence-electron chi connectivity index (χ0n) is 17.4. The number of H-pyrrole nitrogens is 1. The minimum absolute atomic E-state index is 0.369. The van der Waals surface area contributed by atoms with Crippen molar-refractivity contribution in [1.82, 2.24) is 29.5 Å². The number of nitrogens with zero attached hydrogens (tertiary/aromatic N) is 6. The second-order valence-electron chi connectivity index (χ2n) is 7.42. The van der Waals surface area contributed by atoms with Gasteiger partial charge in [-0.15, -0.1) is 0 Å². The van der Waals surface area contributed by atoms with Crippen LogP contribution < -0.4 is 5.32 Å². The molecule has 0 aliphatic rings. The molecule has 0 bridgehead atoms. The number of aromatic amines is 1. The van der Waals surface area contributed by atoms with E-state index in [-0.39, 0.29) is 0 Å². The van der Waals surface area contributed by atoms with E-state index in [2.05, 4.69) is 25.2 Å². The van der Waals surface area contributed by atoms with Gasteiger partial charge in [0.2, 0.25) is 6.54 Å². The molecule has 4 heterocycles. The summed E-state index contributed by atoms with van der Waals surface area (Å²) in [6.45, 7) is 9.91. The third-order valence-electron chi connectivity index (χ3n) is 5.09. The van der Waals surface area contributed by atoms with E-state index in [1.54, 1.807) is 4.52 Å². The van der Waals surface area contributed by atoms with Gasteiger partial charge in [-0.05, 0) is 43.3 Å². The van der Waals surface area contributed by atoms with Gasteiger partial charge >= 0.3 is 0 Å². The number of pyridine rings is 2. The summed E-state index contributed by atoms with van der Waals surface area (Å²) < 4.78 is 1.73. The van der Waals surface area contributed by atoms with Crippen LogP contribution in [0, 0.1) is 13.5 Å². The highest BCUT2D eigenvalue weighted by Gasteiger charge is 2.16. The van der Waals surface area contributed by atoms with Crippen molar-refractivity contribution in [3.8, 4) is 22.6 Å². The maximum atomic E-state index is 7.07. The molecule has 8 heteroatoms. The van der Waals surface area contributed by atoms with E-state index >= 15 is 0 Å². The zero-order chi connectivity index (χ0) is 21.9. The minimum Gasteiger partial charge on any atom is -0.378 e. The van der Waals surface area contributed by atoms with Crippen molar-refractivity contribution < 1.29 is 0 Å². The summed E-state index contributed by atoms with van der Waals surface area (Å²) in [5.74, 6) is 0.785. The Kier molecular flexibility index (Phi) is 5.06. The fourth-order valence-corrected chi connectivity index (χ4v) is 3.60. The standard InChI is InChI=1S/C24H20N8/c1-16-5-3-8-20(29-16)24-23(18-9-10-22-27-15-28-32(22)14-18)30-21(31-24)13-26-19-7-4-6-17(11-19)12-25-2/h3-11,14-15,26H,12-13H2,1H3,(H,30,31). The maximum absolute atomic E-state index is 7.07. The van der Waals surface area contributed by atoms with Crippen LogP contribution in [0.15, 0.2) is 67.1 Å². The number of hydrogen-bond donors (Lipinski definition) is 2. The molecule has 5 aromatic rings. The molecule has 0 spiro atoms. The molecule has 0 saturated carbocycles. The topological polar surface area (TPSA) is 88.2 Å². The molecule has 5 rings (SSSR count). The minimum atomic E-state index is 0.369. The molecule has 0 unspecified atom stereocenters. The van der Waals surface area contributed by atoms with Crippen LogP contribution in [0.3, 0.4) is 0 Å². The van der Waals surface area contributed by atoms with Gasteiger partial charge < -0.3 is 15.1 Å². The van der Waals surface area contributed by atoms with E-state index in [1.165, 1.54) is 6.33 Å². The number of rotatable bonds is 6. The lowest BCUT2D eigenvalue weighted by molar-refractivity contribution is 0.960. The number of aryl methyl sites for hydroxylation is 1. The number of anilines is 1. The van der Waals surface area contributed by atoms with Crippen LogP contribution in [0.25, 0.3) is 33.1 Å². The predicted octanol–water partition coefficient (Wildman–Crippen LogP) is 4.52. The molecule has 0 radical (unpaired) electrons. The van der Waals surface area contributed by atoms with Gasteiger partial charge in [-0.1, -0.05) is 18.2 Å². The summed E-state index contributed by atoms with van der Waals surface area (Å²) in [4.78, 5) is 20.7. The first-order chi connectivity index (χ1) is 15.7. The fraction of sp³-hybridized carbons (Fsp3) is 0.125. The molecule has 32 heavy (non-hydrogen) atoms. The molecule has 8 nitrogen and oxygen atoms in total. The van der Waals surface area contributed by atoms with E-state index in [9.17, 15) is 0 Å². The number of benzene rings is 1. The van der Waals surface area contributed by atoms with Crippen molar-refractivity contribution >= 4 is 11.3 Å². The number of fused-ring (bicyclic) bond motifs is 1. The first-order valence-corrected chi connectivity index (χ1v) is 10.2. The number of imidazole rings is 1. The largest absolute Gasteiger partial charge is 0.378 e. The molecule has 0 aliphatic heterocycles. The predicted molar refractivity (Wildman–Crippen MR) is 123 cm³/mol. The summed E-state index contributed by atoms with van der Waals surface area (Å²) in [6, 6.07) is 17.7. The lowest BCUT2D eigenvalue weighted by atomic mass is 10.1. The first-order valence-electron chi connectivity index (χ1n) is 10.2. The Morgan fingerprint density at radius 1 is 1.09 bits per heavy atom. The molecule has 156 valence electrons. The fourth-order valence-electron chi connectivity index (χ4n) is 3.60. The van der Waals surface area contributed by atoms with Crippen LogP contribution in [-0.4, -0.2) is 29.5 Å². The van der Waals surface area contributed by atoms with Gasteiger partial charge in [-0.3, -0.25) is 4.98 Å². The highest BCUT2D eigenvalue weighted by molar-refractivity contribution is 5.77. The summed E-state index contributed by atoms with van der Waals surface area (Å²) in [5, 5.41) is 7.64. The van der Waals surface area contributed by atoms with Gasteiger partial charge in [0.25, 0.3) is 0 Å². The monoisotopic (exact) mass is 420 g/mol. The van der Waals surface area contributed by atoms with Crippen molar-refractivity contribution in [2.75, 3.05) is 5.32 Å². The summed E-state index contributed by atoms with van der Waals surface area (Å²) >= 11 is 0. The quantitative estimate of drug-likeness (QED) is 0.394. The Bertz CT molecular complexity index is 1440. The van der Waals surface area contributed by atoms with Gasteiger partial charge in [0, 0.05) is 28.7 Å². The van der Waals surface area contributed by atoms with E-state index in [0.717, 1.165) is 51.1 Å². The molecule has 0 atom stereocenters. The zero-order valence-corrected chi connectivity index (χ0v) is 17.4. The van der Waals surface area contributed by atoms with Crippen LogP contribution in [0.1, 0.15) is 17.1 Å². The third-order valence-corrected chi connectivity index (χ3v) is 5.09. The highest BCUT2D eigenvalue weighted by Crippen LogP contribution is 2.29. The summed E-state index contributed by atoms with van der Waals surface area (Å²) in [7, 11) is 0. The van der Waals surface area contributed by atoms with Crippen LogP contribution in [0.2, 0.25) is 0 Å². The van der Waals surface area contributed by atoms with Gasteiger partial charge in [-0.2, -0.15) is 5.10 Å². The van der Waals surface area contributed by atoms with Crippen LogP contribution in [0.5, 0.6) is 0 Å². The van der Waals surface area contributed by atoms with E-state index in [0.29, 0.717) is 13.1 Å². The highest BCUT2D eigenvalue weighted by atomic mass is 15.3. The lowest BCUT2D eigenvalue weighted by Gasteiger charge is -2.05. The van der Waals surface area contributed by atoms with Gasteiger partial charge in [0.1, 0.15) is 12.2 Å². The first kappa shape index (κ1) is 19.5. The number of hydrogen-bond acceptors (Lipinski definition) is 5. The van der Waals surface area contributed by atoms with Crippen molar-refractivity contribution in [3.05, 3.63) is 95.6 Å². The Hall–Kier alpha value is -4.51. The molecule has 0 amide bonds. The van der Waals surface area contributed by atoms with Crippen LogP contribution >= 0.6 is 0 Å². The normalized spacial score (nSPS) is 10.9. The third kappa shape index (κ3) is 3.91. The number of nitrogens with one attached hydrogen (secondary N) is 2. The Balaban J connectivity index is 1.51. The molecule has 0 saturated heterocycles. The molecule has 0 fully saturated rings. The smallest absolute Gasteiger partial charge is 0.239 e. The molecule has 2 N–H and O–H groups in total. The second-order valence-corrected chi connectivity index (χ2v) is 7.42. The van der Waals surface area contributed by atoms with Crippen molar-refractivity contribution in [3.63, 3.8) is 0 Å². The molecule has 0 aliphatic carbocycles. The summed E-state index contributed by atoms with van der Waals surface area (Å²) in [5.41, 5.74) is 7.05. The van der Waals surface area contributed by atoms with E-state index < -0.39 is 0 Å². The van der Waals surface area contributed by atoms with Crippen molar-refractivity contribution in [2.24, 2.45) is 0 Å². The van der Waals surface area contributed by atoms with Crippen LogP contribution in [0.4, 0.5) is 5.69 Å². The molecule has 4 aromatic heterocycles. The second kappa shape index (κ2) is 8.32. The summed E-state index contributed by atoms with van der Waals surface area (Å²) in [6.07, 6.45) is 3.45. The maximum Gasteiger partial charge on any atom is 0.239 e. The van der Waals surface area contributed by atoms with Gasteiger partial charge in [0.05, 0.1) is 23.6 Å². The van der Waals surface area contributed by atoms with E-state index in [4.69, 9.17) is 16.5 Å². The van der Waals surface area contributed by atoms with Crippen LogP contribution in [-0.2, 0) is 13.1 Å². The average molecular weight is 420 g/mol.